The van der Waals surface area contributed by atoms with Crippen LogP contribution in [0, 0.1) is 5.92 Å². The molecule has 98 valence electrons. The molecule has 0 saturated carbocycles. The maximum absolute atomic E-state index is 5.38. The van der Waals surface area contributed by atoms with Gasteiger partial charge in [0.05, 0.1) is 6.61 Å². The van der Waals surface area contributed by atoms with Crippen LogP contribution in [-0.4, -0.2) is 24.7 Å². The molecule has 2 heterocycles. The lowest BCUT2D eigenvalue weighted by Gasteiger charge is -2.11. The van der Waals surface area contributed by atoms with Gasteiger partial charge in [-0.25, -0.2) is 0 Å². The Morgan fingerprint density at radius 3 is 2.74 bits per heavy atom. The highest BCUT2D eigenvalue weighted by molar-refractivity contribution is 5.65. The highest BCUT2D eigenvalue weighted by Crippen LogP contribution is 2.21. The van der Waals surface area contributed by atoms with Gasteiger partial charge in [-0.1, -0.05) is 18.2 Å². The predicted molar refractivity (Wildman–Crippen MR) is 77.1 cm³/mol. The summed E-state index contributed by atoms with van der Waals surface area (Å²) in [5.41, 5.74) is 3.51. The van der Waals surface area contributed by atoms with Crippen LogP contribution in [0.4, 0.5) is 5.69 Å². The van der Waals surface area contributed by atoms with Crippen molar-refractivity contribution in [3.8, 4) is 11.1 Å². The molecule has 1 fully saturated rings. The number of anilines is 1. The number of nitrogens with one attached hydrogen (secondary N) is 1. The molecule has 3 nitrogen and oxygen atoms in total. The summed E-state index contributed by atoms with van der Waals surface area (Å²) in [5, 5.41) is 3.47. The van der Waals surface area contributed by atoms with Crippen LogP contribution in [0.1, 0.15) is 6.42 Å². The van der Waals surface area contributed by atoms with E-state index >= 15 is 0 Å². The molecule has 1 aliphatic heterocycles. The number of aromatic nitrogens is 1. The van der Waals surface area contributed by atoms with Crippen LogP contribution in [0.15, 0.2) is 48.8 Å². The van der Waals surface area contributed by atoms with Gasteiger partial charge in [-0.15, -0.1) is 0 Å². The molecule has 2 aromatic rings. The van der Waals surface area contributed by atoms with Gasteiger partial charge in [0.1, 0.15) is 0 Å². The van der Waals surface area contributed by atoms with Gasteiger partial charge in [-0.05, 0) is 35.7 Å². The van der Waals surface area contributed by atoms with E-state index in [2.05, 4.69) is 40.6 Å². The minimum absolute atomic E-state index is 0.651. The summed E-state index contributed by atoms with van der Waals surface area (Å²) in [6.45, 7) is 2.79. The highest BCUT2D eigenvalue weighted by atomic mass is 16.5. The Morgan fingerprint density at radius 1 is 1.16 bits per heavy atom. The van der Waals surface area contributed by atoms with E-state index < -0.39 is 0 Å². The van der Waals surface area contributed by atoms with Crippen LogP contribution in [-0.2, 0) is 4.74 Å². The number of pyridine rings is 1. The molecule has 1 aliphatic rings. The first kappa shape index (κ1) is 12.2. The maximum atomic E-state index is 5.38. The van der Waals surface area contributed by atoms with Gasteiger partial charge >= 0.3 is 0 Å². The van der Waals surface area contributed by atoms with E-state index in [1.54, 1.807) is 6.20 Å². The third-order valence-corrected chi connectivity index (χ3v) is 3.50. The Kier molecular flexibility index (Phi) is 3.75. The standard InChI is InChI=1S/C16H18N2O/c1-2-15(11-17-8-1)14-3-5-16(6-4-14)18-10-13-7-9-19-12-13/h1-6,8,11,13,18H,7,9-10,12H2. The van der Waals surface area contributed by atoms with Crippen molar-refractivity contribution in [2.24, 2.45) is 5.92 Å². The maximum Gasteiger partial charge on any atom is 0.0511 e. The highest BCUT2D eigenvalue weighted by Gasteiger charge is 2.14. The number of ether oxygens (including phenoxy) is 1. The molecular weight excluding hydrogens is 236 g/mol. The smallest absolute Gasteiger partial charge is 0.0511 e. The molecule has 0 spiro atoms. The SMILES string of the molecule is c1cncc(-c2ccc(NCC3CCOC3)cc2)c1. The molecule has 1 aromatic heterocycles. The van der Waals surface area contributed by atoms with Crippen LogP contribution in [0.25, 0.3) is 11.1 Å². The zero-order chi connectivity index (χ0) is 12.9. The molecule has 0 amide bonds. The molecular formula is C16H18N2O. The van der Waals surface area contributed by atoms with E-state index in [0.29, 0.717) is 5.92 Å². The van der Waals surface area contributed by atoms with Crippen LogP contribution < -0.4 is 5.32 Å². The van der Waals surface area contributed by atoms with Crippen molar-refractivity contribution in [2.75, 3.05) is 25.1 Å². The number of nitrogens with zero attached hydrogens (tertiary/aromatic N) is 1. The molecule has 1 saturated heterocycles. The lowest BCUT2D eigenvalue weighted by atomic mass is 10.1. The summed E-state index contributed by atoms with van der Waals surface area (Å²) in [7, 11) is 0. The van der Waals surface area contributed by atoms with Crippen LogP contribution in [0.2, 0.25) is 0 Å². The molecule has 1 N–H and O–H groups in total. The summed E-state index contributed by atoms with van der Waals surface area (Å²) in [5.74, 6) is 0.651. The molecule has 0 bridgehead atoms. The van der Waals surface area contributed by atoms with Crippen LogP contribution >= 0.6 is 0 Å². The Bertz CT molecular complexity index is 504. The second kappa shape index (κ2) is 5.85. The molecule has 1 unspecified atom stereocenters. The van der Waals surface area contributed by atoms with E-state index in [4.69, 9.17) is 4.74 Å². The monoisotopic (exact) mass is 254 g/mol. The topological polar surface area (TPSA) is 34.2 Å². The first-order valence-electron chi connectivity index (χ1n) is 6.74. The second-order valence-electron chi connectivity index (χ2n) is 4.93. The second-order valence-corrected chi connectivity index (χ2v) is 4.93. The summed E-state index contributed by atoms with van der Waals surface area (Å²) in [6, 6.07) is 12.5. The molecule has 19 heavy (non-hydrogen) atoms. The third-order valence-electron chi connectivity index (χ3n) is 3.50. The zero-order valence-electron chi connectivity index (χ0n) is 10.9. The number of benzene rings is 1. The van der Waals surface area contributed by atoms with Gasteiger partial charge in [0.2, 0.25) is 0 Å². The van der Waals surface area contributed by atoms with Crippen LogP contribution in [0.5, 0.6) is 0 Å². The molecule has 1 aromatic carbocycles. The molecule has 0 aliphatic carbocycles. The van der Waals surface area contributed by atoms with E-state index in [1.165, 1.54) is 17.7 Å². The largest absolute Gasteiger partial charge is 0.385 e. The van der Waals surface area contributed by atoms with Gasteiger partial charge in [-0.2, -0.15) is 0 Å². The summed E-state index contributed by atoms with van der Waals surface area (Å²) >= 11 is 0. The number of hydrogen-bond donors (Lipinski definition) is 1. The van der Waals surface area contributed by atoms with Crippen molar-refractivity contribution < 1.29 is 4.74 Å². The molecule has 0 radical (unpaired) electrons. The summed E-state index contributed by atoms with van der Waals surface area (Å²) in [6.07, 6.45) is 4.85. The quantitative estimate of drug-likeness (QED) is 0.909. The minimum atomic E-state index is 0.651. The average Bonchev–Trinajstić information content (AvgIpc) is 3.00. The number of rotatable bonds is 4. The first-order valence-corrected chi connectivity index (χ1v) is 6.74. The van der Waals surface area contributed by atoms with Crippen molar-refractivity contribution in [3.63, 3.8) is 0 Å². The predicted octanol–water partition coefficient (Wildman–Crippen LogP) is 3.20. The van der Waals surface area contributed by atoms with Gasteiger partial charge in [-0.3, -0.25) is 4.98 Å². The molecule has 1 atom stereocenters. The zero-order valence-corrected chi connectivity index (χ0v) is 10.9. The van der Waals surface area contributed by atoms with Crippen molar-refractivity contribution in [3.05, 3.63) is 48.8 Å². The fraction of sp³-hybridized carbons (Fsp3) is 0.312. The van der Waals surface area contributed by atoms with Crippen molar-refractivity contribution in [2.45, 2.75) is 6.42 Å². The van der Waals surface area contributed by atoms with Gasteiger partial charge in [0.15, 0.2) is 0 Å². The van der Waals surface area contributed by atoms with E-state index in [9.17, 15) is 0 Å². The lowest BCUT2D eigenvalue weighted by molar-refractivity contribution is 0.187. The third kappa shape index (κ3) is 3.12. The average molecular weight is 254 g/mol. The number of hydrogen-bond acceptors (Lipinski definition) is 3. The Balaban J connectivity index is 1.62. The summed E-state index contributed by atoms with van der Waals surface area (Å²) in [4.78, 5) is 4.14. The summed E-state index contributed by atoms with van der Waals surface area (Å²) < 4.78 is 5.38. The first-order chi connectivity index (χ1) is 9.42. The normalized spacial score (nSPS) is 18.4. The molecule has 3 rings (SSSR count). The van der Waals surface area contributed by atoms with Crippen molar-refractivity contribution in [1.29, 1.82) is 0 Å². The Morgan fingerprint density at radius 2 is 2.05 bits per heavy atom. The van der Waals surface area contributed by atoms with Crippen LogP contribution in [0.3, 0.4) is 0 Å². The van der Waals surface area contributed by atoms with Gasteiger partial charge < -0.3 is 10.1 Å². The van der Waals surface area contributed by atoms with E-state index in [0.717, 1.165) is 25.3 Å². The van der Waals surface area contributed by atoms with Crippen molar-refractivity contribution in [1.82, 2.24) is 4.98 Å². The van der Waals surface area contributed by atoms with E-state index in [-0.39, 0.29) is 0 Å². The van der Waals surface area contributed by atoms with E-state index in [1.807, 2.05) is 12.3 Å². The fourth-order valence-electron chi connectivity index (χ4n) is 2.32. The minimum Gasteiger partial charge on any atom is -0.385 e. The lowest BCUT2D eigenvalue weighted by Crippen LogP contribution is -2.13. The Labute approximate surface area is 113 Å². The fourth-order valence-corrected chi connectivity index (χ4v) is 2.32. The van der Waals surface area contributed by atoms with Gasteiger partial charge in [0.25, 0.3) is 0 Å². The Hall–Kier alpha value is -1.87. The molecule has 3 heteroatoms. The van der Waals surface area contributed by atoms with Crippen molar-refractivity contribution >= 4 is 5.69 Å². The van der Waals surface area contributed by atoms with Gasteiger partial charge in [0, 0.05) is 37.2 Å².